The summed E-state index contributed by atoms with van der Waals surface area (Å²) in [5.74, 6) is -1.18. The molecule has 0 spiro atoms. The van der Waals surface area contributed by atoms with Gasteiger partial charge >= 0.3 is 5.97 Å². The van der Waals surface area contributed by atoms with Crippen LogP contribution in [0, 0.1) is 0 Å². The Kier molecular flexibility index (Phi) is 3.80. The van der Waals surface area contributed by atoms with E-state index in [2.05, 4.69) is 4.98 Å². The van der Waals surface area contributed by atoms with E-state index in [9.17, 15) is 4.79 Å². The summed E-state index contributed by atoms with van der Waals surface area (Å²) in [6.45, 7) is -0.537. The first-order valence-electron chi connectivity index (χ1n) is 3.36. The average Bonchev–Trinajstić information content (AvgIpc) is 2.13. The average molecular weight is 256 g/mol. The molecule has 0 amide bonds. The quantitative estimate of drug-likeness (QED) is 0.902. The normalized spacial score (nSPS) is 9.93. The predicted octanol–water partition coefficient (Wildman–Crippen LogP) is 2.51. The maximum absolute atomic E-state index is 10.2. The zero-order valence-corrected chi connectivity index (χ0v) is 8.90. The first-order chi connectivity index (χ1) is 6.52. The number of pyridine rings is 1. The van der Waals surface area contributed by atoms with Crippen LogP contribution in [-0.4, -0.2) is 22.7 Å². The van der Waals surface area contributed by atoms with Crippen molar-refractivity contribution in [3.63, 3.8) is 0 Å². The van der Waals surface area contributed by atoms with E-state index in [1.165, 1.54) is 6.20 Å². The molecule has 0 atom stereocenters. The zero-order valence-electron chi connectivity index (χ0n) is 6.63. The van der Waals surface area contributed by atoms with Gasteiger partial charge in [-0.1, -0.05) is 34.8 Å². The maximum atomic E-state index is 10.2. The van der Waals surface area contributed by atoms with Crippen LogP contribution in [-0.2, 0) is 4.79 Å². The fourth-order valence-electron chi connectivity index (χ4n) is 0.658. The fraction of sp³-hybridized carbons (Fsp3) is 0.143. The predicted molar refractivity (Wildman–Crippen MR) is 52.4 cm³/mol. The highest BCUT2D eigenvalue weighted by molar-refractivity contribution is 6.48. The zero-order chi connectivity index (χ0) is 10.7. The first-order valence-corrected chi connectivity index (χ1v) is 4.50. The molecule has 1 N–H and O–H groups in total. The third kappa shape index (κ3) is 2.64. The van der Waals surface area contributed by atoms with Gasteiger partial charge in [-0.3, -0.25) is 0 Å². The molecule has 7 heteroatoms. The molecule has 14 heavy (non-hydrogen) atoms. The molecular formula is C7H4Cl3NO3. The van der Waals surface area contributed by atoms with Crippen LogP contribution in [0.15, 0.2) is 6.20 Å². The van der Waals surface area contributed by atoms with E-state index in [1.807, 2.05) is 0 Å². The molecule has 1 heterocycles. The summed E-state index contributed by atoms with van der Waals surface area (Å²) in [5.41, 5.74) is 0. The summed E-state index contributed by atoms with van der Waals surface area (Å²) in [6, 6.07) is 0. The largest absolute Gasteiger partial charge is 0.479 e. The van der Waals surface area contributed by atoms with E-state index in [-0.39, 0.29) is 20.9 Å². The number of hydrogen-bond donors (Lipinski definition) is 1. The lowest BCUT2D eigenvalue weighted by molar-refractivity contribution is -0.139. The molecular weight excluding hydrogens is 252 g/mol. The third-order valence-electron chi connectivity index (χ3n) is 1.22. The number of aromatic nitrogens is 1. The van der Waals surface area contributed by atoms with Crippen molar-refractivity contribution in [3.05, 3.63) is 21.3 Å². The summed E-state index contributed by atoms with van der Waals surface area (Å²) in [6.07, 6.45) is 1.23. The third-order valence-corrected chi connectivity index (χ3v) is 2.44. The lowest BCUT2D eigenvalue weighted by Crippen LogP contribution is -2.10. The summed E-state index contributed by atoms with van der Waals surface area (Å²) in [7, 11) is 0. The van der Waals surface area contributed by atoms with Gasteiger partial charge in [0.25, 0.3) is 0 Å². The first kappa shape index (κ1) is 11.4. The van der Waals surface area contributed by atoms with Gasteiger partial charge in [-0.15, -0.1) is 0 Å². The van der Waals surface area contributed by atoms with Crippen molar-refractivity contribution in [2.75, 3.05) is 6.61 Å². The minimum atomic E-state index is -1.13. The van der Waals surface area contributed by atoms with Gasteiger partial charge in [-0.2, -0.15) is 0 Å². The summed E-state index contributed by atoms with van der Waals surface area (Å²) in [5, 5.41) is 8.60. The molecule has 0 saturated carbocycles. The van der Waals surface area contributed by atoms with Crippen LogP contribution in [0.25, 0.3) is 0 Å². The molecule has 4 nitrogen and oxygen atoms in total. The van der Waals surface area contributed by atoms with Crippen molar-refractivity contribution < 1.29 is 14.6 Å². The Morgan fingerprint density at radius 1 is 1.43 bits per heavy atom. The maximum Gasteiger partial charge on any atom is 0.341 e. The molecule has 1 aromatic heterocycles. The second-order valence-corrected chi connectivity index (χ2v) is 3.38. The SMILES string of the molecule is O=C(O)COc1ncc(Cl)c(Cl)c1Cl. The molecule has 0 aliphatic heterocycles. The number of carboxylic acids is 1. The number of nitrogens with zero attached hydrogens (tertiary/aromatic N) is 1. The highest BCUT2D eigenvalue weighted by Gasteiger charge is 2.12. The van der Waals surface area contributed by atoms with Crippen LogP contribution in [0.4, 0.5) is 0 Å². The highest BCUT2D eigenvalue weighted by atomic mass is 35.5. The minimum absolute atomic E-state index is 0.000386. The van der Waals surface area contributed by atoms with Gasteiger partial charge in [0.2, 0.25) is 5.88 Å². The molecule has 76 valence electrons. The Balaban J connectivity index is 2.88. The lowest BCUT2D eigenvalue weighted by atomic mass is 10.5. The number of rotatable bonds is 3. The minimum Gasteiger partial charge on any atom is -0.479 e. The fourth-order valence-corrected chi connectivity index (χ4v) is 1.18. The van der Waals surface area contributed by atoms with Gasteiger partial charge < -0.3 is 9.84 Å². The van der Waals surface area contributed by atoms with Crippen molar-refractivity contribution in [3.8, 4) is 5.88 Å². The second-order valence-electron chi connectivity index (χ2n) is 2.22. The number of halogens is 3. The number of aliphatic carboxylic acids is 1. The number of ether oxygens (including phenoxy) is 1. The van der Waals surface area contributed by atoms with E-state index < -0.39 is 12.6 Å². The van der Waals surface area contributed by atoms with Crippen LogP contribution < -0.4 is 4.74 Å². The van der Waals surface area contributed by atoms with E-state index in [0.29, 0.717) is 0 Å². The van der Waals surface area contributed by atoms with Crippen molar-refractivity contribution in [2.45, 2.75) is 0 Å². The Morgan fingerprint density at radius 2 is 2.07 bits per heavy atom. The number of hydrogen-bond acceptors (Lipinski definition) is 3. The molecule has 1 rings (SSSR count). The van der Waals surface area contributed by atoms with E-state index in [4.69, 9.17) is 44.6 Å². The van der Waals surface area contributed by atoms with Gasteiger partial charge in [0.05, 0.1) is 16.2 Å². The molecule has 0 fully saturated rings. The van der Waals surface area contributed by atoms with Gasteiger partial charge in [0.15, 0.2) is 6.61 Å². The lowest BCUT2D eigenvalue weighted by Gasteiger charge is -2.05. The molecule has 1 aromatic rings. The Labute approximate surface area is 94.4 Å². The van der Waals surface area contributed by atoms with Crippen LogP contribution in [0.3, 0.4) is 0 Å². The summed E-state index contributed by atoms with van der Waals surface area (Å²) < 4.78 is 4.75. The number of carbonyl (C=O) groups is 1. The Bertz CT molecular complexity index is 369. The summed E-state index contributed by atoms with van der Waals surface area (Å²) in [4.78, 5) is 13.9. The highest BCUT2D eigenvalue weighted by Crippen LogP contribution is 2.34. The van der Waals surface area contributed by atoms with Crippen molar-refractivity contribution in [2.24, 2.45) is 0 Å². The van der Waals surface area contributed by atoms with Crippen LogP contribution >= 0.6 is 34.8 Å². The smallest absolute Gasteiger partial charge is 0.341 e. The van der Waals surface area contributed by atoms with Crippen LogP contribution in [0.1, 0.15) is 0 Å². The van der Waals surface area contributed by atoms with Gasteiger partial charge in [0.1, 0.15) is 5.02 Å². The van der Waals surface area contributed by atoms with Gasteiger partial charge in [-0.05, 0) is 0 Å². The number of carboxylic acid groups (broad SMARTS) is 1. The van der Waals surface area contributed by atoms with E-state index >= 15 is 0 Å². The van der Waals surface area contributed by atoms with Gasteiger partial charge in [0, 0.05) is 0 Å². The van der Waals surface area contributed by atoms with E-state index in [1.54, 1.807) is 0 Å². The second kappa shape index (κ2) is 4.68. The van der Waals surface area contributed by atoms with Crippen molar-refractivity contribution in [1.82, 2.24) is 4.98 Å². The Hall–Kier alpha value is -0.710. The molecule has 0 aromatic carbocycles. The summed E-state index contributed by atoms with van der Waals surface area (Å²) >= 11 is 16.9. The molecule has 0 bridgehead atoms. The molecule has 0 aliphatic carbocycles. The van der Waals surface area contributed by atoms with Crippen LogP contribution in [0.5, 0.6) is 5.88 Å². The molecule has 0 aliphatic rings. The molecule has 0 radical (unpaired) electrons. The van der Waals surface area contributed by atoms with E-state index in [0.717, 1.165) is 0 Å². The van der Waals surface area contributed by atoms with Crippen LogP contribution in [0.2, 0.25) is 15.1 Å². The van der Waals surface area contributed by atoms with Crippen molar-refractivity contribution in [1.29, 1.82) is 0 Å². The molecule has 0 unspecified atom stereocenters. The molecule has 0 saturated heterocycles. The topological polar surface area (TPSA) is 59.4 Å². The van der Waals surface area contributed by atoms with Gasteiger partial charge in [-0.25, -0.2) is 9.78 Å². The monoisotopic (exact) mass is 255 g/mol. The Morgan fingerprint density at radius 3 is 2.64 bits per heavy atom. The standard InChI is InChI=1S/C7H4Cl3NO3/c8-3-1-11-7(6(10)5(3)9)14-2-4(12)13/h1H,2H2,(H,12,13). The van der Waals surface area contributed by atoms with Crippen molar-refractivity contribution >= 4 is 40.8 Å².